The molecule has 1 aromatic heterocycles. The van der Waals surface area contributed by atoms with Crippen molar-refractivity contribution in [2.75, 3.05) is 39.7 Å². The summed E-state index contributed by atoms with van der Waals surface area (Å²) in [5.74, 6) is -3.20. The Morgan fingerprint density at radius 2 is 1.77 bits per heavy atom. The number of hydrogen-bond donors (Lipinski definition) is 1. The maximum atomic E-state index is 12.5. The Kier molecular flexibility index (Phi) is 9.51. The smallest absolute Gasteiger partial charge is 0.387 e. The van der Waals surface area contributed by atoms with Crippen molar-refractivity contribution in [1.82, 2.24) is 4.90 Å². The van der Waals surface area contributed by atoms with Gasteiger partial charge in [-0.3, -0.25) is 9.59 Å². The maximum absolute atomic E-state index is 12.5. The lowest BCUT2D eigenvalue weighted by atomic mass is 10.1. The van der Waals surface area contributed by atoms with Crippen LogP contribution in [0.15, 0.2) is 18.2 Å². The summed E-state index contributed by atoms with van der Waals surface area (Å²) < 4.78 is 44.1. The van der Waals surface area contributed by atoms with E-state index in [1.165, 1.54) is 18.1 Å². The zero-order valence-electron chi connectivity index (χ0n) is 19.6. The Labute approximate surface area is 203 Å². The van der Waals surface area contributed by atoms with Crippen molar-refractivity contribution in [3.8, 4) is 11.5 Å². The summed E-state index contributed by atoms with van der Waals surface area (Å²) >= 11 is 0.891. The van der Waals surface area contributed by atoms with Crippen LogP contribution in [0.2, 0.25) is 0 Å². The number of benzene rings is 1. The first kappa shape index (κ1) is 27.5. The zero-order valence-corrected chi connectivity index (χ0v) is 20.4. The molecular weight excluding hydrogens is 490 g/mol. The number of alkyl halides is 2. The van der Waals surface area contributed by atoms with E-state index in [4.69, 9.17) is 14.2 Å². The van der Waals surface area contributed by atoms with Crippen molar-refractivity contribution in [1.29, 1.82) is 0 Å². The summed E-state index contributed by atoms with van der Waals surface area (Å²) in [4.78, 5) is 51.2. The predicted molar refractivity (Wildman–Crippen MR) is 122 cm³/mol. The average molecular weight is 515 g/mol. The number of ether oxygens (including phenoxy) is 4. The Hall–Kier alpha value is -3.74. The number of methoxy groups -OCH3 is 1. The lowest BCUT2D eigenvalue weighted by Crippen LogP contribution is -2.22. The van der Waals surface area contributed by atoms with Crippen LogP contribution in [-0.2, 0) is 14.3 Å². The minimum Gasteiger partial charge on any atom is -0.493 e. The number of amides is 2. The number of thiophene rings is 1. The molecule has 35 heavy (non-hydrogen) atoms. The predicted octanol–water partition coefficient (Wildman–Crippen LogP) is 3.34. The average Bonchev–Trinajstić information content (AvgIpc) is 3.12. The SMILES string of the molecule is CCOC(=O)c1c(NC(=O)COC(=O)c2ccc(OC(F)F)c(OC)c2)sc(C(=O)N(C)C)c1C. The molecular formula is C22H24F2N2O8S. The quantitative estimate of drug-likeness (QED) is 0.480. The van der Waals surface area contributed by atoms with Crippen LogP contribution in [0.1, 0.15) is 42.9 Å². The molecule has 0 aliphatic heterocycles. The van der Waals surface area contributed by atoms with Crippen LogP contribution in [0, 0.1) is 6.92 Å². The van der Waals surface area contributed by atoms with E-state index in [9.17, 15) is 28.0 Å². The second kappa shape index (κ2) is 12.1. The highest BCUT2D eigenvalue weighted by molar-refractivity contribution is 7.18. The molecule has 2 amide bonds. The van der Waals surface area contributed by atoms with Crippen molar-refractivity contribution >= 4 is 40.1 Å². The van der Waals surface area contributed by atoms with Gasteiger partial charge in [-0.15, -0.1) is 11.3 Å². The molecule has 190 valence electrons. The highest BCUT2D eigenvalue weighted by Gasteiger charge is 2.27. The van der Waals surface area contributed by atoms with Gasteiger partial charge < -0.3 is 29.2 Å². The first-order valence-corrected chi connectivity index (χ1v) is 10.9. The lowest BCUT2D eigenvalue weighted by molar-refractivity contribution is -0.119. The monoisotopic (exact) mass is 514 g/mol. The molecule has 10 nitrogen and oxygen atoms in total. The van der Waals surface area contributed by atoms with Gasteiger partial charge in [0.05, 0.1) is 29.7 Å². The van der Waals surface area contributed by atoms with E-state index in [0.29, 0.717) is 5.56 Å². The summed E-state index contributed by atoms with van der Waals surface area (Å²) in [6.07, 6.45) is 0. The van der Waals surface area contributed by atoms with E-state index < -0.39 is 31.1 Å². The van der Waals surface area contributed by atoms with Crippen LogP contribution in [0.25, 0.3) is 0 Å². The van der Waals surface area contributed by atoms with Gasteiger partial charge in [-0.05, 0) is 37.6 Å². The Morgan fingerprint density at radius 1 is 1.09 bits per heavy atom. The van der Waals surface area contributed by atoms with Crippen molar-refractivity contribution in [3.05, 3.63) is 39.8 Å². The molecule has 2 rings (SSSR count). The van der Waals surface area contributed by atoms with Gasteiger partial charge in [0.2, 0.25) is 0 Å². The van der Waals surface area contributed by atoms with Gasteiger partial charge in [0.1, 0.15) is 5.00 Å². The van der Waals surface area contributed by atoms with Crippen molar-refractivity contribution < 1.29 is 46.9 Å². The summed E-state index contributed by atoms with van der Waals surface area (Å²) in [6.45, 7) is -0.555. The summed E-state index contributed by atoms with van der Waals surface area (Å²) in [7, 11) is 4.30. The molecule has 2 aromatic rings. The van der Waals surface area contributed by atoms with Crippen LogP contribution in [0.3, 0.4) is 0 Å². The van der Waals surface area contributed by atoms with E-state index in [0.717, 1.165) is 23.5 Å². The summed E-state index contributed by atoms with van der Waals surface area (Å²) in [5, 5.41) is 2.54. The molecule has 0 saturated heterocycles. The van der Waals surface area contributed by atoms with E-state index >= 15 is 0 Å². The number of carbonyl (C=O) groups excluding carboxylic acids is 4. The van der Waals surface area contributed by atoms with Crippen LogP contribution in [0.4, 0.5) is 13.8 Å². The summed E-state index contributed by atoms with van der Waals surface area (Å²) in [6, 6.07) is 3.39. The third kappa shape index (κ3) is 6.88. The van der Waals surface area contributed by atoms with E-state index in [1.54, 1.807) is 27.9 Å². The molecule has 0 unspecified atom stereocenters. The van der Waals surface area contributed by atoms with Crippen LogP contribution in [-0.4, -0.2) is 69.7 Å². The molecule has 0 bridgehead atoms. The third-order valence-electron chi connectivity index (χ3n) is 4.43. The van der Waals surface area contributed by atoms with Crippen LogP contribution < -0.4 is 14.8 Å². The minimum atomic E-state index is -3.08. The minimum absolute atomic E-state index is 0.0288. The number of rotatable bonds is 10. The topological polar surface area (TPSA) is 120 Å². The molecule has 0 atom stereocenters. The van der Waals surface area contributed by atoms with E-state index in [-0.39, 0.29) is 45.0 Å². The molecule has 1 heterocycles. The highest BCUT2D eigenvalue weighted by Crippen LogP contribution is 2.34. The Bertz CT molecular complexity index is 1120. The number of esters is 2. The van der Waals surface area contributed by atoms with Gasteiger partial charge in [-0.25, -0.2) is 9.59 Å². The molecule has 0 spiro atoms. The fourth-order valence-electron chi connectivity index (χ4n) is 2.82. The molecule has 1 aromatic carbocycles. The molecule has 0 aliphatic rings. The Morgan fingerprint density at radius 3 is 2.34 bits per heavy atom. The summed E-state index contributed by atoms with van der Waals surface area (Å²) in [5.41, 5.74) is 0.299. The van der Waals surface area contributed by atoms with Gasteiger partial charge in [0, 0.05) is 14.1 Å². The lowest BCUT2D eigenvalue weighted by Gasteiger charge is -2.11. The van der Waals surface area contributed by atoms with E-state index in [2.05, 4.69) is 10.1 Å². The molecule has 0 saturated carbocycles. The highest BCUT2D eigenvalue weighted by atomic mass is 32.1. The normalized spacial score (nSPS) is 10.5. The maximum Gasteiger partial charge on any atom is 0.387 e. The van der Waals surface area contributed by atoms with Crippen molar-refractivity contribution in [2.45, 2.75) is 20.5 Å². The van der Waals surface area contributed by atoms with Crippen LogP contribution in [0.5, 0.6) is 11.5 Å². The first-order chi connectivity index (χ1) is 16.5. The number of nitrogens with one attached hydrogen (secondary N) is 1. The van der Waals surface area contributed by atoms with Crippen molar-refractivity contribution in [2.24, 2.45) is 0 Å². The molecule has 0 aliphatic carbocycles. The first-order valence-electron chi connectivity index (χ1n) is 10.1. The van der Waals surface area contributed by atoms with E-state index in [1.807, 2.05) is 0 Å². The molecule has 0 radical (unpaired) electrons. The molecule has 0 fully saturated rings. The standard InChI is InChI=1S/C22H24F2N2O8S/c1-6-32-21(30)16-11(2)17(19(28)26(3)4)35-18(16)25-15(27)10-33-20(29)12-7-8-13(34-22(23)24)14(9-12)31-5/h7-9,22H,6,10H2,1-5H3,(H,25,27). The van der Waals surface area contributed by atoms with Crippen LogP contribution >= 0.6 is 11.3 Å². The number of carbonyl (C=O) groups is 4. The number of nitrogens with zero attached hydrogens (tertiary/aromatic N) is 1. The number of anilines is 1. The third-order valence-corrected chi connectivity index (χ3v) is 5.62. The second-order valence-corrected chi connectivity index (χ2v) is 8.07. The van der Waals surface area contributed by atoms with Gasteiger partial charge in [-0.2, -0.15) is 8.78 Å². The second-order valence-electron chi connectivity index (χ2n) is 7.05. The largest absolute Gasteiger partial charge is 0.493 e. The molecule has 1 N–H and O–H groups in total. The van der Waals surface area contributed by atoms with Gasteiger partial charge in [0.25, 0.3) is 11.8 Å². The number of halogens is 2. The van der Waals surface area contributed by atoms with Gasteiger partial charge >= 0.3 is 18.6 Å². The molecule has 13 heteroatoms. The zero-order chi connectivity index (χ0) is 26.3. The fraction of sp³-hybridized carbons (Fsp3) is 0.364. The number of hydrogen-bond acceptors (Lipinski definition) is 9. The Balaban J connectivity index is 2.16. The fourth-order valence-corrected chi connectivity index (χ4v) is 4.06. The van der Waals surface area contributed by atoms with Crippen molar-refractivity contribution in [3.63, 3.8) is 0 Å². The van der Waals surface area contributed by atoms with Gasteiger partial charge in [-0.1, -0.05) is 0 Å². The van der Waals surface area contributed by atoms with Gasteiger partial charge in [0.15, 0.2) is 18.1 Å².